The monoisotopic (exact) mass is 444 g/mol. The third-order valence-electron chi connectivity index (χ3n) is 4.95. The lowest BCUT2D eigenvalue weighted by molar-refractivity contribution is 0.0698. The highest BCUT2D eigenvalue weighted by molar-refractivity contribution is 7.17. The van der Waals surface area contributed by atoms with E-state index in [0.29, 0.717) is 47.3 Å². The number of nitrogens with one attached hydrogen (secondary N) is 1. The van der Waals surface area contributed by atoms with Crippen LogP contribution in [0.4, 0.5) is 5.82 Å². The van der Waals surface area contributed by atoms with Crippen LogP contribution >= 0.6 is 11.3 Å². The van der Waals surface area contributed by atoms with E-state index in [9.17, 15) is 15.2 Å². The van der Waals surface area contributed by atoms with E-state index >= 15 is 0 Å². The second kappa shape index (κ2) is 9.45. The quantitative estimate of drug-likeness (QED) is 0.394. The maximum Gasteiger partial charge on any atom is 0.349 e. The first-order valence-corrected chi connectivity index (χ1v) is 10.9. The molecule has 0 unspecified atom stereocenters. The molecule has 2 N–H and O–H groups in total. The Hall–Kier alpha value is -3.96. The molecule has 2 heterocycles. The molecule has 7 nitrogen and oxygen atoms in total. The van der Waals surface area contributed by atoms with E-state index in [4.69, 9.17) is 4.74 Å². The molecule has 0 spiro atoms. The van der Waals surface area contributed by atoms with E-state index in [2.05, 4.69) is 21.4 Å². The smallest absolute Gasteiger partial charge is 0.349 e. The van der Waals surface area contributed by atoms with Crippen LogP contribution in [0.15, 0.2) is 54.9 Å². The van der Waals surface area contributed by atoms with Crippen molar-refractivity contribution in [1.82, 2.24) is 9.97 Å². The molecule has 0 saturated carbocycles. The number of thiophene rings is 1. The number of carboxylic acids is 1. The van der Waals surface area contributed by atoms with Gasteiger partial charge >= 0.3 is 5.97 Å². The minimum Gasteiger partial charge on any atom is -0.492 e. The molecule has 4 rings (SSSR count). The fourth-order valence-corrected chi connectivity index (χ4v) is 4.43. The highest BCUT2D eigenvalue weighted by Crippen LogP contribution is 2.36. The van der Waals surface area contributed by atoms with Crippen molar-refractivity contribution >= 4 is 33.9 Å². The van der Waals surface area contributed by atoms with Crippen LogP contribution in [-0.4, -0.2) is 34.2 Å². The van der Waals surface area contributed by atoms with Crippen molar-refractivity contribution in [3.8, 4) is 22.4 Å². The largest absolute Gasteiger partial charge is 0.492 e. The van der Waals surface area contributed by atoms with Gasteiger partial charge in [0, 0.05) is 18.7 Å². The first-order valence-electron chi connectivity index (χ1n) is 10.1. The number of fused-ring (bicyclic) bond motifs is 1. The Morgan fingerprint density at radius 2 is 2.06 bits per heavy atom. The van der Waals surface area contributed by atoms with E-state index < -0.39 is 5.97 Å². The number of anilines is 1. The number of carbonyl (C=O) groups is 1. The number of hydrogen-bond donors (Lipinski definition) is 2. The van der Waals surface area contributed by atoms with Crippen molar-refractivity contribution < 1.29 is 14.6 Å². The van der Waals surface area contributed by atoms with Gasteiger partial charge in [-0.15, -0.1) is 11.3 Å². The number of nitrogens with zero attached hydrogens (tertiary/aromatic N) is 3. The van der Waals surface area contributed by atoms with Gasteiger partial charge in [-0.1, -0.05) is 30.3 Å². The van der Waals surface area contributed by atoms with Crippen LogP contribution in [0, 0.1) is 11.3 Å². The van der Waals surface area contributed by atoms with E-state index in [1.807, 2.05) is 43.3 Å². The summed E-state index contributed by atoms with van der Waals surface area (Å²) >= 11 is 1.12. The van der Waals surface area contributed by atoms with Gasteiger partial charge in [0.2, 0.25) is 0 Å². The molecule has 0 radical (unpaired) electrons. The van der Waals surface area contributed by atoms with E-state index in [1.54, 1.807) is 12.1 Å². The van der Waals surface area contributed by atoms with Crippen LogP contribution in [0.3, 0.4) is 0 Å². The Labute approximate surface area is 189 Å². The van der Waals surface area contributed by atoms with Crippen molar-refractivity contribution in [3.05, 3.63) is 70.9 Å². The van der Waals surface area contributed by atoms with Crippen LogP contribution < -0.4 is 10.1 Å². The normalized spacial score (nSPS) is 10.6. The molecule has 0 saturated heterocycles. The summed E-state index contributed by atoms with van der Waals surface area (Å²) in [5.41, 5.74) is 2.28. The lowest BCUT2D eigenvalue weighted by atomic mass is 9.97. The second-order valence-electron chi connectivity index (χ2n) is 6.93. The minimum absolute atomic E-state index is 0.148. The van der Waals surface area contributed by atoms with Crippen LogP contribution in [0.1, 0.15) is 27.7 Å². The summed E-state index contributed by atoms with van der Waals surface area (Å²) < 4.78 is 5.45. The van der Waals surface area contributed by atoms with Gasteiger partial charge in [-0.25, -0.2) is 14.8 Å². The maximum absolute atomic E-state index is 11.5. The number of ether oxygens (including phenoxy) is 1. The fraction of sp³-hybridized carbons (Fsp3) is 0.167. The lowest BCUT2D eigenvalue weighted by Crippen LogP contribution is -2.08. The molecule has 8 heteroatoms. The number of aromatic nitrogens is 2. The molecule has 0 bridgehead atoms. The standard InChI is InChI=1S/C24H20N4O3S/c1-2-31-20-12-21(32-23(20)24(29)30)19-11-22(28-14-27-19)26-10-9-18-16(13-25)8-7-15-5-3-4-6-17(15)18/h3-8,11-12,14H,2,9-10H2,1H3,(H,29,30)(H,26,27,28). The summed E-state index contributed by atoms with van der Waals surface area (Å²) in [6.45, 7) is 2.77. The molecule has 0 amide bonds. The van der Waals surface area contributed by atoms with E-state index in [-0.39, 0.29) is 4.88 Å². The topological polar surface area (TPSA) is 108 Å². The predicted molar refractivity (Wildman–Crippen MR) is 124 cm³/mol. The third-order valence-corrected chi connectivity index (χ3v) is 6.08. The molecule has 32 heavy (non-hydrogen) atoms. The minimum atomic E-state index is -1.03. The highest BCUT2D eigenvalue weighted by Gasteiger charge is 2.18. The molecule has 160 valence electrons. The van der Waals surface area contributed by atoms with Crippen LogP contribution in [0.2, 0.25) is 0 Å². The number of nitriles is 1. The van der Waals surface area contributed by atoms with Crippen LogP contribution in [0.25, 0.3) is 21.3 Å². The van der Waals surface area contributed by atoms with E-state index in [1.165, 1.54) is 6.33 Å². The summed E-state index contributed by atoms with van der Waals surface area (Å²) in [5, 5.41) is 24.4. The van der Waals surface area contributed by atoms with Crippen LogP contribution in [0.5, 0.6) is 5.75 Å². The van der Waals surface area contributed by atoms with Gasteiger partial charge in [-0.2, -0.15) is 5.26 Å². The molecule has 0 aliphatic carbocycles. The second-order valence-corrected chi connectivity index (χ2v) is 7.98. The van der Waals surface area contributed by atoms with Crippen molar-refractivity contribution in [2.45, 2.75) is 13.3 Å². The predicted octanol–water partition coefficient (Wildman–Crippen LogP) is 4.98. The SMILES string of the molecule is CCOc1cc(-c2cc(NCCc3c(C#N)ccc4ccccc34)ncn2)sc1C(=O)O. The lowest BCUT2D eigenvalue weighted by Gasteiger charge is -2.10. The molecule has 0 atom stereocenters. The van der Waals surface area contributed by atoms with Gasteiger partial charge in [0.05, 0.1) is 28.8 Å². The molecule has 4 aromatic rings. The zero-order valence-electron chi connectivity index (χ0n) is 17.3. The average molecular weight is 445 g/mol. The zero-order valence-corrected chi connectivity index (χ0v) is 18.1. The maximum atomic E-state index is 11.5. The molecular formula is C24H20N4O3S. The average Bonchev–Trinajstić information content (AvgIpc) is 3.24. The molecule has 0 fully saturated rings. The van der Waals surface area contributed by atoms with Crippen molar-refractivity contribution in [3.63, 3.8) is 0 Å². The Morgan fingerprint density at radius 1 is 1.22 bits per heavy atom. The number of carboxylic acid groups (broad SMARTS) is 1. The van der Waals surface area contributed by atoms with Crippen molar-refractivity contribution in [2.24, 2.45) is 0 Å². The first kappa shape index (κ1) is 21.3. The number of rotatable bonds is 8. The Bertz CT molecular complexity index is 1330. The molecular weight excluding hydrogens is 424 g/mol. The molecule has 0 aliphatic heterocycles. The summed E-state index contributed by atoms with van der Waals surface area (Å²) in [5.74, 6) is -0.0643. The van der Waals surface area contributed by atoms with Gasteiger partial charge in [0.25, 0.3) is 0 Å². The van der Waals surface area contributed by atoms with Gasteiger partial charge < -0.3 is 15.2 Å². The van der Waals surface area contributed by atoms with Crippen molar-refractivity contribution in [1.29, 1.82) is 5.26 Å². The summed E-state index contributed by atoms with van der Waals surface area (Å²) in [7, 11) is 0. The Balaban J connectivity index is 1.53. The van der Waals surface area contributed by atoms with E-state index in [0.717, 1.165) is 27.7 Å². The molecule has 0 aliphatic rings. The number of aromatic carboxylic acids is 1. The summed E-state index contributed by atoms with van der Waals surface area (Å²) in [6, 6.07) is 17.6. The Kier molecular flexibility index (Phi) is 6.29. The fourth-order valence-electron chi connectivity index (χ4n) is 3.53. The zero-order chi connectivity index (χ0) is 22.5. The number of benzene rings is 2. The summed E-state index contributed by atoms with van der Waals surface area (Å²) in [6.07, 6.45) is 2.09. The molecule has 2 aromatic carbocycles. The van der Waals surface area contributed by atoms with Gasteiger partial charge in [0.15, 0.2) is 4.88 Å². The third kappa shape index (κ3) is 4.38. The van der Waals surface area contributed by atoms with Gasteiger partial charge in [0.1, 0.15) is 17.9 Å². The van der Waals surface area contributed by atoms with Crippen molar-refractivity contribution in [2.75, 3.05) is 18.5 Å². The highest BCUT2D eigenvalue weighted by atomic mass is 32.1. The number of hydrogen-bond acceptors (Lipinski definition) is 7. The van der Waals surface area contributed by atoms with Gasteiger partial charge in [-0.05, 0) is 35.7 Å². The first-order chi connectivity index (χ1) is 15.6. The summed E-state index contributed by atoms with van der Waals surface area (Å²) in [4.78, 5) is 20.9. The van der Waals surface area contributed by atoms with Gasteiger partial charge in [-0.3, -0.25) is 0 Å². The molecule has 2 aromatic heterocycles. The van der Waals surface area contributed by atoms with Crippen LogP contribution in [-0.2, 0) is 6.42 Å². The Morgan fingerprint density at radius 3 is 2.84 bits per heavy atom.